The molecule has 0 spiro atoms. The number of halogens is 1. The molecule has 0 heterocycles. The Labute approximate surface area is 104 Å². The number of carbonyl (C=O) groups excluding carboxylic acids is 1. The summed E-state index contributed by atoms with van der Waals surface area (Å²) in [4.78, 5) is 13.6. The lowest BCUT2D eigenvalue weighted by Gasteiger charge is -2.17. The topological polar surface area (TPSA) is 58.4 Å². The summed E-state index contributed by atoms with van der Waals surface area (Å²) in [6.07, 6.45) is 0. The lowest BCUT2D eigenvalue weighted by atomic mass is 10.2. The maximum Gasteiger partial charge on any atom is 0.253 e. The Kier molecular flexibility index (Phi) is 4.76. The number of likely N-dealkylation sites (N-methyl/N-ethyl adjacent to an activating group) is 2. The Morgan fingerprint density at radius 1 is 1.56 bits per heavy atom. The standard InChI is InChI=1S/C11H16BrN3O/c1-14-5-6-15(2)11(16)8-3-4-10(13)9(12)7-8/h3-4,7,14H,5-6,13H2,1-2H3. The van der Waals surface area contributed by atoms with Crippen molar-refractivity contribution >= 4 is 27.5 Å². The molecule has 1 aromatic carbocycles. The molecule has 5 heteroatoms. The number of nitrogen functional groups attached to an aromatic ring is 1. The third-order valence-corrected chi connectivity index (χ3v) is 2.98. The van der Waals surface area contributed by atoms with E-state index in [1.54, 1.807) is 30.1 Å². The van der Waals surface area contributed by atoms with Crippen LogP contribution in [0.25, 0.3) is 0 Å². The number of hydrogen-bond donors (Lipinski definition) is 2. The van der Waals surface area contributed by atoms with Crippen molar-refractivity contribution in [3.8, 4) is 0 Å². The molecule has 0 aliphatic heterocycles. The molecule has 1 rings (SSSR count). The Hall–Kier alpha value is -1.07. The van der Waals surface area contributed by atoms with Crippen LogP contribution in [-0.2, 0) is 0 Å². The second kappa shape index (κ2) is 5.86. The van der Waals surface area contributed by atoms with Crippen LogP contribution in [0.5, 0.6) is 0 Å². The van der Waals surface area contributed by atoms with Crippen molar-refractivity contribution in [1.82, 2.24) is 10.2 Å². The van der Waals surface area contributed by atoms with Gasteiger partial charge in [-0.05, 0) is 41.2 Å². The van der Waals surface area contributed by atoms with Crippen LogP contribution in [0.2, 0.25) is 0 Å². The minimum Gasteiger partial charge on any atom is -0.398 e. The van der Waals surface area contributed by atoms with Crippen LogP contribution >= 0.6 is 15.9 Å². The smallest absolute Gasteiger partial charge is 0.253 e. The molecular formula is C11H16BrN3O. The normalized spacial score (nSPS) is 10.2. The van der Waals surface area contributed by atoms with Crippen molar-refractivity contribution in [3.05, 3.63) is 28.2 Å². The monoisotopic (exact) mass is 285 g/mol. The minimum absolute atomic E-state index is 0.00375. The summed E-state index contributed by atoms with van der Waals surface area (Å²) in [5, 5.41) is 3.00. The molecule has 88 valence electrons. The van der Waals surface area contributed by atoms with Crippen LogP contribution < -0.4 is 11.1 Å². The highest BCUT2D eigenvalue weighted by atomic mass is 79.9. The number of nitrogens with zero attached hydrogens (tertiary/aromatic N) is 1. The molecule has 0 radical (unpaired) electrons. The predicted molar refractivity (Wildman–Crippen MR) is 69.4 cm³/mol. The van der Waals surface area contributed by atoms with Gasteiger partial charge in [0.15, 0.2) is 0 Å². The number of carbonyl (C=O) groups is 1. The van der Waals surface area contributed by atoms with Crippen molar-refractivity contribution in [2.45, 2.75) is 0 Å². The van der Waals surface area contributed by atoms with Crippen LogP contribution in [-0.4, -0.2) is 38.0 Å². The maximum absolute atomic E-state index is 12.0. The number of hydrogen-bond acceptors (Lipinski definition) is 3. The summed E-state index contributed by atoms with van der Waals surface area (Å²) in [6.45, 7) is 1.45. The first-order valence-electron chi connectivity index (χ1n) is 5.01. The lowest BCUT2D eigenvalue weighted by molar-refractivity contribution is 0.0797. The fraction of sp³-hybridized carbons (Fsp3) is 0.364. The number of nitrogens with two attached hydrogens (primary N) is 1. The van der Waals surface area contributed by atoms with Gasteiger partial charge < -0.3 is 16.0 Å². The molecule has 0 bridgehead atoms. The molecule has 0 aliphatic carbocycles. The predicted octanol–water partition coefficient (Wildman–Crippen LogP) is 1.32. The number of rotatable bonds is 4. The number of anilines is 1. The number of nitrogens with one attached hydrogen (secondary N) is 1. The zero-order chi connectivity index (χ0) is 12.1. The van der Waals surface area contributed by atoms with Gasteiger partial charge in [-0.1, -0.05) is 0 Å². The van der Waals surface area contributed by atoms with E-state index >= 15 is 0 Å². The molecule has 0 saturated carbocycles. The molecule has 0 aliphatic rings. The van der Waals surface area contributed by atoms with E-state index in [1.165, 1.54) is 0 Å². The Bertz CT molecular complexity index is 381. The first kappa shape index (κ1) is 13.0. The van der Waals surface area contributed by atoms with Crippen LogP contribution in [0.15, 0.2) is 22.7 Å². The summed E-state index contributed by atoms with van der Waals surface area (Å²) in [5.74, 6) is -0.00375. The Morgan fingerprint density at radius 3 is 2.81 bits per heavy atom. The molecular weight excluding hydrogens is 270 g/mol. The van der Waals surface area contributed by atoms with E-state index in [2.05, 4.69) is 21.2 Å². The second-order valence-electron chi connectivity index (χ2n) is 3.57. The fourth-order valence-electron chi connectivity index (χ4n) is 1.26. The lowest BCUT2D eigenvalue weighted by Crippen LogP contribution is -2.32. The molecule has 0 fully saturated rings. The van der Waals surface area contributed by atoms with Crippen LogP contribution in [0, 0.1) is 0 Å². The van der Waals surface area contributed by atoms with Gasteiger partial charge in [0.1, 0.15) is 0 Å². The van der Waals surface area contributed by atoms with Gasteiger partial charge in [-0.3, -0.25) is 4.79 Å². The quantitative estimate of drug-likeness (QED) is 0.821. The van der Waals surface area contributed by atoms with Crippen molar-refractivity contribution in [2.75, 3.05) is 32.9 Å². The van der Waals surface area contributed by atoms with Crippen LogP contribution in [0.3, 0.4) is 0 Å². The van der Waals surface area contributed by atoms with Gasteiger partial charge in [0.2, 0.25) is 0 Å². The highest BCUT2D eigenvalue weighted by molar-refractivity contribution is 9.10. The van der Waals surface area contributed by atoms with Crippen molar-refractivity contribution in [3.63, 3.8) is 0 Å². The maximum atomic E-state index is 12.0. The van der Waals surface area contributed by atoms with Crippen molar-refractivity contribution < 1.29 is 4.79 Å². The Morgan fingerprint density at radius 2 is 2.25 bits per heavy atom. The Balaban J connectivity index is 2.76. The van der Waals surface area contributed by atoms with E-state index in [0.717, 1.165) is 11.0 Å². The summed E-state index contributed by atoms with van der Waals surface area (Å²) in [5.41, 5.74) is 6.94. The number of amides is 1. The van der Waals surface area contributed by atoms with Gasteiger partial charge in [0, 0.05) is 35.9 Å². The third-order valence-electron chi connectivity index (χ3n) is 2.29. The molecule has 4 nitrogen and oxygen atoms in total. The van der Waals surface area contributed by atoms with Crippen LogP contribution in [0.1, 0.15) is 10.4 Å². The summed E-state index contributed by atoms with van der Waals surface area (Å²) in [6, 6.07) is 5.20. The first-order chi connectivity index (χ1) is 7.56. The molecule has 0 unspecified atom stereocenters. The molecule has 0 saturated heterocycles. The highest BCUT2D eigenvalue weighted by Crippen LogP contribution is 2.20. The average molecular weight is 286 g/mol. The van der Waals surface area contributed by atoms with Crippen LogP contribution in [0.4, 0.5) is 5.69 Å². The first-order valence-corrected chi connectivity index (χ1v) is 5.80. The molecule has 0 aromatic heterocycles. The van der Waals surface area contributed by atoms with Gasteiger partial charge in [0.05, 0.1) is 0 Å². The zero-order valence-corrected chi connectivity index (χ0v) is 11.0. The van der Waals surface area contributed by atoms with E-state index < -0.39 is 0 Å². The zero-order valence-electron chi connectivity index (χ0n) is 9.46. The largest absolute Gasteiger partial charge is 0.398 e. The second-order valence-corrected chi connectivity index (χ2v) is 4.42. The molecule has 1 amide bonds. The van der Waals surface area contributed by atoms with Crippen molar-refractivity contribution in [1.29, 1.82) is 0 Å². The molecule has 16 heavy (non-hydrogen) atoms. The summed E-state index contributed by atoms with van der Waals surface area (Å²) in [7, 11) is 3.64. The average Bonchev–Trinajstić information content (AvgIpc) is 2.28. The van der Waals surface area contributed by atoms with E-state index in [1.807, 2.05) is 7.05 Å². The highest BCUT2D eigenvalue weighted by Gasteiger charge is 2.11. The summed E-state index contributed by atoms with van der Waals surface area (Å²) < 4.78 is 0.750. The van der Waals surface area contributed by atoms with Gasteiger partial charge >= 0.3 is 0 Å². The summed E-state index contributed by atoms with van der Waals surface area (Å²) >= 11 is 3.31. The van der Waals surface area contributed by atoms with E-state index in [9.17, 15) is 4.79 Å². The van der Waals surface area contributed by atoms with E-state index in [-0.39, 0.29) is 5.91 Å². The fourth-order valence-corrected chi connectivity index (χ4v) is 1.64. The molecule has 1 aromatic rings. The number of benzene rings is 1. The minimum atomic E-state index is -0.00375. The molecule has 0 atom stereocenters. The van der Waals surface area contributed by atoms with E-state index in [4.69, 9.17) is 5.73 Å². The van der Waals surface area contributed by atoms with Crippen molar-refractivity contribution in [2.24, 2.45) is 0 Å². The van der Waals surface area contributed by atoms with Gasteiger partial charge in [0.25, 0.3) is 5.91 Å². The van der Waals surface area contributed by atoms with Gasteiger partial charge in [-0.25, -0.2) is 0 Å². The van der Waals surface area contributed by atoms with Gasteiger partial charge in [-0.2, -0.15) is 0 Å². The SMILES string of the molecule is CNCCN(C)C(=O)c1ccc(N)c(Br)c1. The van der Waals surface area contributed by atoms with Gasteiger partial charge in [-0.15, -0.1) is 0 Å². The molecule has 3 N–H and O–H groups in total. The van der Waals surface area contributed by atoms with E-state index in [0.29, 0.717) is 17.8 Å². The third kappa shape index (κ3) is 3.21.